The smallest absolute Gasteiger partial charge is 0.317 e. The molecule has 2 aromatic carbocycles. The van der Waals surface area contributed by atoms with Crippen molar-refractivity contribution in [3.05, 3.63) is 58.6 Å². The number of carboxylic acid groups (broad SMARTS) is 1. The fourth-order valence-electron chi connectivity index (χ4n) is 3.72. The van der Waals surface area contributed by atoms with Gasteiger partial charge in [-0.3, -0.25) is 9.69 Å². The summed E-state index contributed by atoms with van der Waals surface area (Å²) in [6, 6.07) is 14.2. The van der Waals surface area contributed by atoms with E-state index < -0.39 is 11.6 Å². The van der Waals surface area contributed by atoms with Crippen molar-refractivity contribution in [1.29, 1.82) is 0 Å². The van der Waals surface area contributed by atoms with E-state index in [0.717, 1.165) is 22.6 Å². The van der Waals surface area contributed by atoms with Crippen LogP contribution in [0.5, 0.6) is 0 Å². The van der Waals surface area contributed by atoms with Gasteiger partial charge in [0.2, 0.25) is 0 Å². The first kappa shape index (κ1) is 18.9. The zero-order chi connectivity index (χ0) is 18.9. The summed E-state index contributed by atoms with van der Waals surface area (Å²) in [4.78, 5) is 12.7. The Balaban J connectivity index is 1.89. The minimum absolute atomic E-state index is 0.0355. The number of hydrogen-bond donors (Lipinski definition) is 1. The van der Waals surface area contributed by atoms with E-state index in [9.17, 15) is 4.79 Å². The van der Waals surface area contributed by atoms with Gasteiger partial charge < -0.3 is 9.84 Å². The van der Waals surface area contributed by atoms with Crippen molar-refractivity contribution in [1.82, 2.24) is 4.90 Å². The molecule has 1 aliphatic rings. The summed E-state index contributed by atoms with van der Waals surface area (Å²) in [6.07, 6.45) is 0.716. The lowest BCUT2D eigenvalue weighted by molar-refractivity contribution is -0.138. The van der Waals surface area contributed by atoms with Crippen LogP contribution in [-0.2, 0) is 15.1 Å². The van der Waals surface area contributed by atoms with Gasteiger partial charge in [0, 0.05) is 11.6 Å². The second kappa shape index (κ2) is 7.39. The van der Waals surface area contributed by atoms with Gasteiger partial charge in [-0.25, -0.2) is 0 Å². The third-order valence-corrected chi connectivity index (χ3v) is 5.07. The van der Waals surface area contributed by atoms with Crippen LogP contribution in [0.3, 0.4) is 0 Å². The number of rotatable bonds is 6. The lowest BCUT2D eigenvalue weighted by Gasteiger charge is -2.23. The molecule has 0 saturated carbocycles. The number of nitrogens with zero attached hydrogens (tertiary/aromatic N) is 1. The number of halogens is 1. The third kappa shape index (κ3) is 3.93. The SMILES string of the molecule is CN(CCC1OC(C)(C)c2c(-c3ccc(Cl)cc3)cccc21)CC(=O)O. The number of carbonyl (C=O) groups is 1. The second-order valence-corrected chi connectivity index (χ2v) is 7.75. The molecule has 0 fully saturated rings. The molecule has 5 heteroatoms. The molecule has 2 aromatic rings. The molecule has 1 aliphatic heterocycles. The van der Waals surface area contributed by atoms with Crippen molar-refractivity contribution in [2.45, 2.75) is 32.0 Å². The Morgan fingerprint density at radius 1 is 1.23 bits per heavy atom. The van der Waals surface area contributed by atoms with Gasteiger partial charge in [0.15, 0.2) is 0 Å². The molecular weight excluding hydrogens is 350 g/mol. The van der Waals surface area contributed by atoms with Gasteiger partial charge in [-0.2, -0.15) is 0 Å². The van der Waals surface area contributed by atoms with Gasteiger partial charge in [0.25, 0.3) is 0 Å². The maximum Gasteiger partial charge on any atom is 0.317 e. The summed E-state index contributed by atoms with van der Waals surface area (Å²) in [7, 11) is 1.82. The van der Waals surface area contributed by atoms with Crippen LogP contribution in [-0.4, -0.2) is 36.1 Å². The van der Waals surface area contributed by atoms with Crippen molar-refractivity contribution in [2.75, 3.05) is 20.1 Å². The van der Waals surface area contributed by atoms with E-state index >= 15 is 0 Å². The van der Waals surface area contributed by atoms with Gasteiger partial charge in [-0.1, -0.05) is 41.9 Å². The molecule has 0 aliphatic carbocycles. The lowest BCUT2D eigenvalue weighted by atomic mass is 9.86. The van der Waals surface area contributed by atoms with Crippen LogP contribution in [0.2, 0.25) is 5.02 Å². The Hall–Kier alpha value is -1.88. The molecule has 0 bridgehead atoms. The normalized spacial score (nSPS) is 18.1. The molecule has 138 valence electrons. The molecule has 0 spiro atoms. The highest BCUT2D eigenvalue weighted by Crippen LogP contribution is 2.48. The van der Waals surface area contributed by atoms with E-state index in [1.54, 1.807) is 4.90 Å². The average molecular weight is 374 g/mol. The Morgan fingerprint density at radius 2 is 1.92 bits per heavy atom. The topological polar surface area (TPSA) is 49.8 Å². The summed E-state index contributed by atoms with van der Waals surface area (Å²) in [5.74, 6) is -0.814. The first-order valence-electron chi connectivity index (χ1n) is 8.75. The molecular formula is C21H24ClNO3. The van der Waals surface area contributed by atoms with E-state index in [1.165, 1.54) is 11.1 Å². The molecule has 3 rings (SSSR count). The summed E-state index contributed by atoms with van der Waals surface area (Å²) in [5.41, 5.74) is 4.26. The molecule has 1 heterocycles. The van der Waals surface area contributed by atoms with Crippen LogP contribution < -0.4 is 0 Å². The fourth-order valence-corrected chi connectivity index (χ4v) is 3.85. The van der Waals surface area contributed by atoms with E-state index in [0.29, 0.717) is 6.54 Å². The van der Waals surface area contributed by atoms with Crippen molar-refractivity contribution >= 4 is 17.6 Å². The Morgan fingerprint density at radius 3 is 2.58 bits per heavy atom. The summed E-state index contributed by atoms with van der Waals surface area (Å²) < 4.78 is 6.36. The second-order valence-electron chi connectivity index (χ2n) is 7.31. The van der Waals surface area contributed by atoms with Crippen LogP contribution in [0.1, 0.15) is 37.5 Å². The Bertz CT molecular complexity index is 801. The number of aliphatic carboxylic acids is 1. The zero-order valence-electron chi connectivity index (χ0n) is 15.3. The van der Waals surface area contributed by atoms with Crippen LogP contribution in [0, 0.1) is 0 Å². The molecule has 0 radical (unpaired) electrons. The summed E-state index contributed by atoms with van der Waals surface area (Å²) in [5, 5.41) is 9.64. The van der Waals surface area contributed by atoms with Crippen molar-refractivity contribution in [3.63, 3.8) is 0 Å². The summed E-state index contributed by atoms with van der Waals surface area (Å²) in [6.45, 7) is 4.88. The number of carboxylic acids is 1. The van der Waals surface area contributed by atoms with Crippen LogP contribution in [0.15, 0.2) is 42.5 Å². The molecule has 26 heavy (non-hydrogen) atoms. The van der Waals surface area contributed by atoms with Gasteiger partial charge in [-0.05, 0) is 61.7 Å². The van der Waals surface area contributed by atoms with E-state index in [2.05, 4.69) is 32.0 Å². The average Bonchev–Trinajstić information content (AvgIpc) is 2.84. The van der Waals surface area contributed by atoms with Crippen molar-refractivity contribution in [2.24, 2.45) is 0 Å². The Labute approximate surface area is 159 Å². The summed E-state index contributed by atoms with van der Waals surface area (Å²) >= 11 is 6.03. The van der Waals surface area contributed by atoms with Crippen molar-refractivity contribution < 1.29 is 14.6 Å². The predicted octanol–water partition coefficient (Wildman–Crippen LogP) is 4.72. The largest absolute Gasteiger partial charge is 0.480 e. The molecule has 1 atom stereocenters. The minimum Gasteiger partial charge on any atom is -0.480 e. The van der Waals surface area contributed by atoms with Crippen LogP contribution in [0.25, 0.3) is 11.1 Å². The molecule has 0 saturated heterocycles. The van der Waals surface area contributed by atoms with Gasteiger partial charge in [0.05, 0.1) is 18.2 Å². The number of likely N-dealkylation sites (N-methyl/N-ethyl adjacent to an activating group) is 1. The third-order valence-electron chi connectivity index (χ3n) is 4.82. The van der Waals surface area contributed by atoms with Crippen molar-refractivity contribution in [3.8, 4) is 11.1 Å². The first-order valence-corrected chi connectivity index (χ1v) is 9.13. The maximum atomic E-state index is 10.9. The van der Waals surface area contributed by atoms with Gasteiger partial charge >= 0.3 is 5.97 Å². The highest BCUT2D eigenvalue weighted by molar-refractivity contribution is 6.30. The molecule has 0 aromatic heterocycles. The number of ether oxygens (including phenoxy) is 1. The maximum absolute atomic E-state index is 10.9. The minimum atomic E-state index is -0.814. The number of fused-ring (bicyclic) bond motifs is 1. The predicted molar refractivity (Wildman–Crippen MR) is 103 cm³/mol. The highest BCUT2D eigenvalue weighted by Gasteiger charge is 2.39. The van der Waals surface area contributed by atoms with E-state index in [1.807, 2.05) is 31.3 Å². The first-order chi connectivity index (χ1) is 12.3. The quantitative estimate of drug-likeness (QED) is 0.795. The van der Waals surface area contributed by atoms with Gasteiger partial charge in [0.1, 0.15) is 0 Å². The van der Waals surface area contributed by atoms with Gasteiger partial charge in [-0.15, -0.1) is 0 Å². The Kier molecular flexibility index (Phi) is 5.37. The fraction of sp³-hybridized carbons (Fsp3) is 0.381. The zero-order valence-corrected chi connectivity index (χ0v) is 16.1. The van der Waals surface area contributed by atoms with E-state index in [4.69, 9.17) is 21.4 Å². The molecule has 0 amide bonds. The molecule has 4 nitrogen and oxygen atoms in total. The standard InChI is InChI=1S/C21H24ClNO3/c1-21(2)20-16(14-7-9-15(22)10-8-14)5-4-6-17(20)18(26-21)11-12-23(3)13-19(24)25/h4-10,18H,11-13H2,1-3H3,(H,24,25). The van der Waals surface area contributed by atoms with E-state index in [-0.39, 0.29) is 12.6 Å². The lowest BCUT2D eigenvalue weighted by Crippen LogP contribution is -2.27. The van der Waals surface area contributed by atoms with Crippen LogP contribution >= 0.6 is 11.6 Å². The monoisotopic (exact) mass is 373 g/mol. The number of hydrogen-bond acceptors (Lipinski definition) is 3. The molecule has 1 N–H and O–H groups in total. The number of benzene rings is 2. The van der Waals surface area contributed by atoms with Crippen LogP contribution in [0.4, 0.5) is 0 Å². The molecule has 1 unspecified atom stereocenters. The highest BCUT2D eigenvalue weighted by atomic mass is 35.5.